The minimum Gasteiger partial charge on any atom is -0.484 e. The lowest BCUT2D eigenvalue weighted by atomic mass is 10.0. The third-order valence-corrected chi connectivity index (χ3v) is 3.80. The molecule has 0 spiro atoms. The summed E-state index contributed by atoms with van der Waals surface area (Å²) >= 11 is 0. The first-order chi connectivity index (χ1) is 9.61. The molecule has 0 saturated carbocycles. The molecule has 1 amide bonds. The van der Waals surface area contributed by atoms with Crippen LogP contribution in [0.2, 0.25) is 0 Å². The number of hydrogen-bond acceptors (Lipinski definition) is 3. The van der Waals surface area contributed by atoms with Crippen molar-refractivity contribution in [3.63, 3.8) is 0 Å². The van der Waals surface area contributed by atoms with Crippen LogP contribution in [0.5, 0.6) is 5.75 Å². The molecular formula is C16H23NO3. The minimum atomic E-state index is -0.0449. The number of nitrogens with zero attached hydrogens (tertiary/aromatic N) is 1. The van der Waals surface area contributed by atoms with Crippen LogP contribution in [0.4, 0.5) is 0 Å². The summed E-state index contributed by atoms with van der Waals surface area (Å²) in [5.41, 5.74) is 1.20. The van der Waals surface area contributed by atoms with Crippen LogP contribution in [0.15, 0.2) is 24.3 Å². The average molecular weight is 277 g/mol. The normalized spacial score (nSPS) is 18.6. The van der Waals surface area contributed by atoms with Crippen molar-refractivity contribution in [2.75, 3.05) is 19.8 Å². The van der Waals surface area contributed by atoms with E-state index in [-0.39, 0.29) is 25.2 Å². The molecule has 2 rings (SSSR count). The standard InChI is InChI=1S/C16H23NO3/c1-12(2)13-5-3-7-15(9-13)20-11-16(19)17-8-4-6-14(17)10-18/h3,5,7,9,12,14,18H,4,6,8,10-11H2,1-2H3. The van der Waals surface area contributed by atoms with Crippen molar-refractivity contribution < 1.29 is 14.6 Å². The Labute approximate surface area is 120 Å². The fourth-order valence-electron chi connectivity index (χ4n) is 2.55. The molecule has 1 fully saturated rings. The van der Waals surface area contributed by atoms with Gasteiger partial charge in [0.1, 0.15) is 5.75 Å². The lowest BCUT2D eigenvalue weighted by Crippen LogP contribution is -2.40. The SMILES string of the molecule is CC(C)c1cccc(OCC(=O)N2CCCC2CO)c1. The molecule has 1 saturated heterocycles. The number of likely N-dealkylation sites (tertiary alicyclic amines) is 1. The second-order valence-electron chi connectivity index (χ2n) is 5.58. The molecule has 1 aliphatic heterocycles. The van der Waals surface area contributed by atoms with Gasteiger partial charge < -0.3 is 14.7 Å². The van der Waals surface area contributed by atoms with Crippen LogP contribution in [-0.2, 0) is 4.79 Å². The van der Waals surface area contributed by atoms with Gasteiger partial charge in [-0.25, -0.2) is 0 Å². The monoisotopic (exact) mass is 277 g/mol. The number of rotatable bonds is 5. The number of hydrogen-bond donors (Lipinski definition) is 1. The molecule has 1 unspecified atom stereocenters. The molecule has 1 N–H and O–H groups in total. The van der Waals surface area contributed by atoms with Crippen LogP contribution in [0.25, 0.3) is 0 Å². The van der Waals surface area contributed by atoms with Crippen LogP contribution in [-0.4, -0.2) is 41.7 Å². The van der Waals surface area contributed by atoms with Gasteiger partial charge in [-0.1, -0.05) is 26.0 Å². The van der Waals surface area contributed by atoms with Gasteiger partial charge in [-0.2, -0.15) is 0 Å². The highest BCUT2D eigenvalue weighted by Gasteiger charge is 2.28. The molecule has 20 heavy (non-hydrogen) atoms. The number of benzene rings is 1. The molecule has 110 valence electrons. The van der Waals surface area contributed by atoms with Gasteiger partial charge in [0.2, 0.25) is 0 Å². The first kappa shape index (κ1) is 14.9. The lowest BCUT2D eigenvalue weighted by molar-refractivity contribution is -0.134. The summed E-state index contributed by atoms with van der Waals surface area (Å²) < 4.78 is 5.59. The highest BCUT2D eigenvalue weighted by Crippen LogP contribution is 2.21. The molecule has 0 radical (unpaired) electrons. The van der Waals surface area contributed by atoms with Crippen molar-refractivity contribution in [2.24, 2.45) is 0 Å². The van der Waals surface area contributed by atoms with Crippen LogP contribution in [0.1, 0.15) is 38.2 Å². The second kappa shape index (κ2) is 6.75. The van der Waals surface area contributed by atoms with Crippen LogP contribution < -0.4 is 4.74 Å². The molecule has 0 bridgehead atoms. The Bertz CT molecular complexity index is 459. The molecular weight excluding hydrogens is 254 g/mol. The Kier molecular flexibility index (Phi) is 5.01. The van der Waals surface area contributed by atoms with E-state index in [0.717, 1.165) is 25.1 Å². The quantitative estimate of drug-likeness (QED) is 0.897. The molecule has 1 heterocycles. The number of carbonyl (C=O) groups is 1. The van der Waals surface area contributed by atoms with Gasteiger partial charge in [0, 0.05) is 6.54 Å². The van der Waals surface area contributed by atoms with E-state index < -0.39 is 0 Å². The third kappa shape index (κ3) is 3.51. The number of carbonyl (C=O) groups excluding carboxylic acids is 1. The van der Waals surface area contributed by atoms with Crippen molar-refractivity contribution in [2.45, 2.75) is 38.6 Å². The molecule has 1 aromatic carbocycles. The summed E-state index contributed by atoms with van der Waals surface area (Å²) in [6.45, 7) is 5.05. The maximum atomic E-state index is 12.1. The van der Waals surface area contributed by atoms with E-state index in [1.807, 2.05) is 18.2 Å². The van der Waals surface area contributed by atoms with E-state index in [9.17, 15) is 9.90 Å². The minimum absolute atomic E-state index is 0.0342. The molecule has 0 aromatic heterocycles. The van der Waals surface area contributed by atoms with Crippen molar-refractivity contribution >= 4 is 5.91 Å². The van der Waals surface area contributed by atoms with E-state index >= 15 is 0 Å². The predicted molar refractivity (Wildman–Crippen MR) is 77.8 cm³/mol. The van der Waals surface area contributed by atoms with Crippen LogP contribution in [0, 0.1) is 0 Å². The zero-order valence-corrected chi connectivity index (χ0v) is 12.2. The Hall–Kier alpha value is -1.55. The Morgan fingerprint density at radius 1 is 1.50 bits per heavy atom. The van der Waals surface area contributed by atoms with E-state index in [1.54, 1.807) is 4.90 Å². The molecule has 1 aliphatic rings. The van der Waals surface area contributed by atoms with Gasteiger partial charge in [-0.05, 0) is 36.5 Å². The van der Waals surface area contributed by atoms with Gasteiger partial charge >= 0.3 is 0 Å². The Morgan fingerprint density at radius 2 is 2.30 bits per heavy atom. The van der Waals surface area contributed by atoms with Gasteiger partial charge in [-0.15, -0.1) is 0 Å². The largest absolute Gasteiger partial charge is 0.484 e. The van der Waals surface area contributed by atoms with Gasteiger partial charge in [0.15, 0.2) is 6.61 Å². The first-order valence-electron chi connectivity index (χ1n) is 7.25. The van der Waals surface area contributed by atoms with E-state index in [4.69, 9.17) is 4.74 Å². The zero-order valence-electron chi connectivity index (χ0n) is 12.2. The number of aliphatic hydroxyl groups is 1. The van der Waals surface area contributed by atoms with E-state index in [0.29, 0.717) is 5.92 Å². The van der Waals surface area contributed by atoms with E-state index in [2.05, 4.69) is 19.9 Å². The van der Waals surface area contributed by atoms with Crippen molar-refractivity contribution in [3.8, 4) is 5.75 Å². The summed E-state index contributed by atoms with van der Waals surface area (Å²) in [6.07, 6.45) is 1.84. The fourth-order valence-corrected chi connectivity index (χ4v) is 2.55. The predicted octanol–water partition coefficient (Wildman–Crippen LogP) is 2.17. The topological polar surface area (TPSA) is 49.8 Å². The summed E-state index contributed by atoms with van der Waals surface area (Å²) in [5, 5.41) is 9.23. The van der Waals surface area contributed by atoms with Gasteiger partial charge in [-0.3, -0.25) is 4.79 Å². The fraction of sp³-hybridized carbons (Fsp3) is 0.562. The van der Waals surface area contributed by atoms with Gasteiger partial charge in [0.05, 0.1) is 12.6 Å². The summed E-state index contributed by atoms with van der Waals surface area (Å²) in [7, 11) is 0. The number of aliphatic hydroxyl groups excluding tert-OH is 1. The van der Waals surface area contributed by atoms with Crippen molar-refractivity contribution in [3.05, 3.63) is 29.8 Å². The highest BCUT2D eigenvalue weighted by molar-refractivity contribution is 5.78. The summed E-state index contributed by atoms with van der Waals surface area (Å²) in [5.74, 6) is 1.12. The number of ether oxygens (including phenoxy) is 1. The molecule has 1 atom stereocenters. The molecule has 4 heteroatoms. The molecule has 0 aliphatic carbocycles. The van der Waals surface area contributed by atoms with Crippen LogP contribution >= 0.6 is 0 Å². The highest BCUT2D eigenvalue weighted by atomic mass is 16.5. The summed E-state index contributed by atoms with van der Waals surface area (Å²) in [4.78, 5) is 13.8. The van der Waals surface area contributed by atoms with Crippen LogP contribution in [0.3, 0.4) is 0 Å². The lowest BCUT2D eigenvalue weighted by Gasteiger charge is -2.23. The summed E-state index contributed by atoms with van der Waals surface area (Å²) in [6, 6.07) is 7.81. The molecule has 4 nitrogen and oxygen atoms in total. The van der Waals surface area contributed by atoms with Gasteiger partial charge in [0.25, 0.3) is 5.91 Å². The smallest absolute Gasteiger partial charge is 0.260 e. The maximum absolute atomic E-state index is 12.1. The average Bonchev–Trinajstić information content (AvgIpc) is 2.93. The van der Waals surface area contributed by atoms with Crippen molar-refractivity contribution in [1.82, 2.24) is 4.90 Å². The third-order valence-electron chi connectivity index (χ3n) is 3.80. The Balaban J connectivity index is 1.91. The Morgan fingerprint density at radius 3 is 3.00 bits per heavy atom. The van der Waals surface area contributed by atoms with E-state index in [1.165, 1.54) is 5.56 Å². The zero-order chi connectivity index (χ0) is 14.5. The second-order valence-corrected chi connectivity index (χ2v) is 5.58. The van der Waals surface area contributed by atoms with Crippen molar-refractivity contribution in [1.29, 1.82) is 0 Å². The number of amides is 1. The maximum Gasteiger partial charge on any atom is 0.260 e. The molecule has 1 aromatic rings. The first-order valence-corrected chi connectivity index (χ1v) is 7.25.